The molecule has 0 unspecified atom stereocenters. The van der Waals surface area contributed by atoms with Crippen LogP contribution in [0.15, 0.2) is 10.5 Å². The fourth-order valence-electron chi connectivity index (χ4n) is 2.36. The maximum Gasteiger partial charge on any atom is 0.301 e. The van der Waals surface area contributed by atoms with Crippen LogP contribution in [0.25, 0.3) is 0 Å². The summed E-state index contributed by atoms with van der Waals surface area (Å²) in [6.07, 6.45) is 1.16. The van der Waals surface area contributed by atoms with Crippen molar-refractivity contribution in [2.75, 3.05) is 18.8 Å². The first-order valence-electron chi connectivity index (χ1n) is 6.88. The summed E-state index contributed by atoms with van der Waals surface area (Å²) >= 11 is 2.02. The molecule has 0 spiro atoms. The van der Waals surface area contributed by atoms with Gasteiger partial charge < -0.3 is 4.42 Å². The van der Waals surface area contributed by atoms with Gasteiger partial charge in [-0.2, -0.15) is 11.8 Å². The molecular weight excluding hydrogens is 274 g/mol. The van der Waals surface area contributed by atoms with Gasteiger partial charge in [0.05, 0.1) is 6.54 Å². The van der Waals surface area contributed by atoms with Gasteiger partial charge in [0.25, 0.3) is 0 Å². The minimum absolute atomic E-state index is 0.312. The van der Waals surface area contributed by atoms with Crippen molar-refractivity contribution in [1.29, 1.82) is 0 Å². The lowest BCUT2D eigenvalue weighted by molar-refractivity contribution is 0.0921. The molecule has 112 valence electrons. The molecule has 0 radical (unpaired) electrons. The molecule has 0 aliphatic carbocycles. The summed E-state index contributed by atoms with van der Waals surface area (Å²) in [5.41, 5.74) is 2.94. The van der Waals surface area contributed by atoms with Crippen LogP contribution in [0.2, 0.25) is 0 Å². The average Bonchev–Trinajstić information content (AvgIpc) is 2.66. The first-order valence-corrected chi connectivity index (χ1v) is 7.86. The first kappa shape index (κ1) is 15.4. The summed E-state index contributed by atoms with van der Waals surface area (Å²) in [4.78, 5) is 13.9. The summed E-state index contributed by atoms with van der Waals surface area (Å²) in [5.74, 6) is 7.04. The molecule has 1 aromatic rings. The van der Waals surface area contributed by atoms with Gasteiger partial charge in [-0.1, -0.05) is 13.8 Å². The molecule has 1 aliphatic heterocycles. The number of nitrogens with one attached hydrogen (secondary N) is 1. The highest BCUT2D eigenvalue weighted by Gasteiger charge is 2.24. The van der Waals surface area contributed by atoms with Gasteiger partial charge in [-0.05, 0) is 26.0 Å². The van der Waals surface area contributed by atoms with Crippen LogP contribution in [0, 0.1) is 6.92 Å². The molecule has 1 fully saturated rings. The molecule has 0 aromatic carbocycles. The second-order valence-corrected chi connectivity index (χ2v) is 7.63. The van der Waals surface area contributed by atoms with Crippen molar-refractivity contribution in [3.8, 4) is 0 Å². The maximum atomic E-state index is 11.5. The van der Waals surface area contributed by atoms with Gasteiger partial charge in [0.2, 0.25) is 0 Å². The van der Waals surface area contributed by atoms with Crippen molar-refractivity contribution in [1.82, 2.24) is 10.3 Å². The van der Waals surface area contributed by atoms with Crippen LogP contribution in [0.1, 0.15) is 42.1 Å². The van der Waals surface area contributed by atoms with Gasteiger partial charge in [-0.3, -0.25) is 15.1 Å². The van der Waals surface area contributed by atoms with Crippen LogP contribution in [-0.4, -0.2) is 34.4 Å². The van der Waals surface area contributed by atoms with Gasteiger partial charge in [0, 0.05) is 22.6 Å². The number of nitrogen functional groups attached to an aromatic ring is 1. The lowest BCUT2D eigenvalue weighted by Gasteiger charge is -2.22. The van der Waals surface area contributed by atoms with E-state index < -0.39 is 0 Å². The molecular formula is C14H23N3O2S. The van der Waals surface area contributed by atoms with E-state index in [0.29, 0.717) is 10.5 Å². The smallest absolute Gasteiger partial charge is 0.301 e. The monoisotopic (exact) mass is 297 g/mol. The normalized spacial score (nSPS) is 19.6. The summed E-state index contributed by atoms with van der Waals surface area (Å²) in [5, 5.41) is 0. The Labute approximate surface area is 124 Å². The third-order valence-corrected chi connectivity index (χ3v) is 4.99. The van der Waals surface area contributed by atoms with Gasteiger partial charge in [-0.25, -0.2) is 5.84 Å². The molecule has 0 atom stereocenters. The fraction of sp³-hybridized carbons (Fsp3) is 0.643. The second kappa shape index (κ2) is 6.20. The zero-order valence-electron chi connectivity index (χ0n) is 12.4. The number of hydrogen-bond acceptors (Lipinski definition) is 5. The molecule has 1 aliphatic rings. The molecule has 2 rings (SSSR count). The molecule has 20 heavy (non-hydrogen) atoms. The van der Waals surface area contributed by atoms with E-state index in [-0.39, 0.29) is 5.91 Å². The van der Waals surface area contributed by atoms with Gasteiger partial charge in [0.1, 0.15) is 5.76 Å². The van der Waals surface area contributed by atoms with Gasteiger partial charge in [0.15, 0.2) is 5.76 Å². The van der Waals surface area contributed by atoms with Crippen molar-refractivity contribution < 1.29 is 9.21 Å². The molecule has 1 saturated heterocycles. The van der Waals surface area contributed by atoms with Gasteiger partial charge in [-0.15, -0.1) is 0 Å². The Kier molecular flexibility index (Phi) is 4.78. The molecule has 3 N–H and O–H groups in total. The number of carbonyl (C=O) groups excluding carboxylic acids is 1. The molecule has 2 heterocycles. The molecule has 6 heteroatoms. The summed E-state index contributed by atoms with van der Waals surface area (Å²) in [6, 6.07) is 1.92. The third-order valence-electron chi connectivity index (χ3n) is 3.62. The molecule has 0 saturated carbocycles. The Bertz CT molecular complexity index is 485. The van der Waals surface area contributed by atoms with E-state index in [1.807, 2.05) is 24.8 Å². The van der Waals surface area contributed by atoms with Crippen LogP contribution in [0.4, 0.5) is 0 Å². The van der Waals surface area contributed by atoms with E-state index >= 15 is 0 Å². The van der Waals surface area contributed by atoms with E-state index in [1.54, 1.807) is 0 Å². The van der Waals surface area contributed by atoms with Crippen molar-refractivity contribution >= 4 is 17.7 Å². The van der Waals surface area contributed by atoms with Crippen LogP contribution < -0.4 is 11.3 Å². The number of carbonyl (C=O) groups is 1. The summed E-state index contributed by atoms with van der Waals surface area (Å²) in [6.45, 7) is 9.29. The van der Waals surface area contributed by atoms with Gasteiger partial charge >= 0.3 is 5.91 Å². The highest BCUT2D eigenvalue weighted by molar-refractivity contribution is 8.00. The highest BCUT2D eigenvalue weighted by atomic mass is 32.2. The Balaban J connectivity index is 2.01. The lowest BCUT2D eigenvalue weighted by Crippen LogP contribution is -2.30. The van der Waals surface area contributed by atoms with E-state index in [4.69, 9.17) is 10.3 Å². The van der Waals surface area contributed by atoms with Crippen molar-refractivity contribution in [2.45, 2.75) is 38.5 Å². The second-order valence-electron chi connectivity index (χ2n) is 5.83. The minimum atomic E-state index is -0.374. The number of furan rings is 1. The fourth-order valence-corrected chi connectivity index (χ4v) is 3.50. The number of nitrogens with zero attached hydrogens (tertiary/aromatic N) is 1. The third kappa shape index (κ3) is 3.77. The van der Waals surface area contributed by atoms with E-state index in [9.17, 15) is 4.79 Å². The Hall–Kier alpha value is -0.980. The first-order chi connectivity index (χ1) is 9.41. The summed E-state index contributed by atoms with van der Waals surface area (Å²) < 4.78 is 5.97. The maximum absolute atomic E-state index is 11.5. The molecule has 0 bridgehead atoms. The van der Waals surface area contributed by atoms with Crippen LogP contribution in [-0.2, 0) is 6.54 Å². The van der Waals surface area contributed by atoms with E-state index in [2.05, 4.69) is 24.2 Å². The Morgan fingerprint density at radius 3 is 3.00 bits per heavy atom. The lowest BCUT2D eigenvalue weighted by atomic mass is 10.1. The quantitative estimate of drug-likeness (QED) is 0.506. The van der Waals surface area contributed by atoms with Crippen molar-refractivity contribution in [2.24, 2.45) is 5.84 Å². The number of nitrogens with two attached hydrogens (primary N) is 1. The number of hydrogen-bond donors (Lipinski definition) is 2. The number of hydrazine groups is 1. The zero-order chi connectivity index (χ0) is 14.8. The number of aryl methyl sites for hydroxylation is 1. The topological polar surface area (TPSA) is 71.5 Å². The molecule has 1 aromatic heterocycles. The average molecular weight is 297 g/mol. The molecule has 1 amide bonds. The largest absolute Gasteiger partial charge is 0.454 e. The zero-order valence-corrected chi connectivity index (χ0v) is 13.2. The summed E-state index contributed by atoms with van der Waals surface area (Å²) in [7, 11) is 0. The van der Waals surface area contributed by atoms with Crippen LogP contribution in [0.5, 0.6) is 0 Å². The molecule has 5 nitrogen and oxygen atoms in total. The van der Waals surface area contributed by atoms with E-state index in [1.165, 1.54) is 0 Å². The standard InChI is InChI=1S/C14H23N3O2S/c1-10-8-11(19-12(10)13(18)16-15)9-17-5-4-14(2,3)20-7-6-17/h8H,4-7,9,15H2,1-3H3,(H,16,18). The van der Waals surface area contributed by atoms with Crippen molar-refractivity contribution in [3.63, 3.8) is 0 Å². The Morgan fingerprint density at radius 2 is 2.30 bits per heavy atom. The predicted molar refractivity (Wildman–Crippen MR) is 81.5 cm³/mol. The van der Waals surface area contributed by atoms with E-state index in [0.717, 1.165) is 43.1 Å². The predicted octanol–water partition coefficient (Wildman–Crippen LogP) is 1.91. The number of amides is 1. The highest BCUT2D eigenvalue weighted by Crippen LogP contribution is 2.31. The number of thioether (sulfide) groups is 1. The minimum Gasteiger partial charge on any atom is -0.454 e. The van der Waals surface area contributed by atoms with Crippen molar-refractivity contribution in [3.05, 3.63) is 23.2 Å². The Morgan fingerprint density at radius 1 is 1.55 bits per heavy atom. The van der Waals surface area contributed by atoms with Crippen LogP contribution in [0.3, 0.4) is 0 Å². The van der Waals surface area contributed by atoms with Crippen LogP contribution >= 0.6 is 11.8 Å². The number of rotatable bonds is 3. The SMILES string of the molecule is Cc1cc(CN2CCSC(C)(C)CC2)oc1C(=O)NN.